The van der Waals surface area contributed by atoms with Gasteiger partial charge in [-0.15, -0.1) is 11.8 Å². The molecule has 0 fully saturated rings. The van der Waals surface area contributed by atoms with Crippen LogP contribution >= 0.6 is 27.7 Å². The molecule has 0 heterocycles. The summed E-state index contributed by atoms with van der Waals surface area (Å²) in [5, 5.41) is 0. The Morgan fingerprint density at radius 2 is 2.21 bits per heavy atom. The van der Waals surface area contributed by atoms with E-state index in [4.69, 9.17) is 5.73 Å². The number of carbonyl (C=O) groups is 1. The number of amides is 1. The zero-order valence-corrected chi connectivity index (χ0v) is 13.7. The molecule has 0 aromatic heterocycles. The van der Waals surface area contributed by atoms with E-state index in [0.29, 0.717) is 24.5 Å². The van der Waals surface area contributed by atoms with Crippen LogP contribution in [0.4, 0.5) is 5.69 Å². The summed E-state index contributed by atoms with van der Waals surface area (Å²) in [5.41, 5.74) is 7.39. The third kappa shape index (κ3) is 5.28. The van der Waals surface area contributed by atoms with Gasteiger partial charge in [-0.25, -0.2) is 0 Å². The number of hydrogen-bond acceptors (Lipinski definition) is 3. The largest absolute Gasteiger partial charge is 0.399 e. The van der Waals surface area contributed by atoms with Crippen LogP contribution in [-0.2, 0) is 4.79 Å². The van der Waals surface area contributed by atoms with Gasteiger partial charge in [-0.2, -0.15) is 0 Å². The molecule has 1 amide bonds. The molecule has 5 heteroatoms. The second kappa shape index (κ2) is 7.60. The van der Waals surface area contributed by atoms with Crippen molar-refractivity contribution >= 4 is 39.3 Å². The first kappa shape index (κ1) is 16.1. The molecule has 19 heavy (non-hydrogen) atoms. The van der Waals surface area contributed by atoms with Gasteiger partial charge in [-0.3, -0.25) is 4.79 Å². The van der Waals surface area contributed by atoms with Gasteiger partial charge in [-0.1, -0.05) is 12.2 Å². The molecular weight excluding hydrogens is 324 g/mol. The molecule has 1 rings (SSSR count). The lowest BCUT2D eigenvalue weighted by Gasteiger charge is -2.20. The van der Waals surface area contributed by atoms with Crippen molar-refractivity contribution in [2.24, 2.45) is 0 Å². The third-order valence-electron chi connectivity index (χ3n) is 2.50. The van der Waals surface area contributed by atoms with Gasteiger partial charge >= 0.3 is 0 Å². The molecule has 0 saturated carbocycles. The molecule has 0 aliphatic rings. The van der Waals surface area contributed by atoms with Crippen molar-refractivity contribution in [1.29, 1.82) is 0 Å². The van der Waals surface area contributed by atoms with Crippen LogP contribution in [0.5, 0.6) is 0 Å². The zero-order valence-electron chi connectivity index (χ0n) is 11.3. The van der Waals surface area contributed by atoms with E-state index in [1.54, 1.807) is 4.90 Å². The van der Waals surface area contributed by atoms with Gasteiger partial charge in [0.25, 0.3) is 0 Å². The summed E-state index contributed by atoms with van der Waals surface area (Å²) in [4.78, 5) is 14.9. The maximum absolute atomic E-state index is 12.1. The average molecular weight is 343 g/mol. The number of nitrogens with zero attached hydrogens (tertiary/aromatic N) is 1. The van der Waals surface area contributed by atoms with Crippen LogP contribution in [0.1, 0.15) is 13.8 Å². The topological polar surface area (TPSA) is 46.3 Å². The minimum absolute atomic E-state index is 0.124. The zero-order chi connectivity index (χ0) is 14.4. The molecule has 104 valence electrons. The highest BCUT2D eigenvalue weighted by Crippen LogP contribution is 2.29. The number of rotatable bonds is 6. The van der Waals surface area contributed by atoms with Crippen LogP contribution in [0.15, 0.2) is 39.7 Å². The number of hydrogen-bond donors (Lipinski definition) is 1. The molecule has 0 saturated heterocycles. The van der Waals surface area contributed by atoms with Crippen molar-refractivity contribution in [1.82, 2.24) is 4.90 Å². The van der Waals surface area contributed by atoms with E-state index in [1.165, 1.54) is 11.8 Å². The smallest absolute Gasteiger partial charge is 0.233 e. The summed E-state index contributed by atoms with van der Waals surface area (Å²) in [7, 11) is 0. The van der Waals surface area contributed by atoms with Gasteiger partial charge in [0.2, 0.25) is 5.91 Å². The van der Waals surface area contributed by atoms with Gasteiger partial charge in [-0.05, 0) is 48.0 Å². The first-order valence-corrected chi connectivity index (χ1v) is 7.82. The van der Waals surface area contributed by atoms with Crippen LogP contribution < -0.4 is 5.73 Å². The molecule has 1 aromatic carbocycles. The fraction of sp³-hybridized carbons (Fsp3) is 0.357. The molecule has 2 N–H and O–H groups in total. The summed E-state index contributed by atoms with van der Waals surface area (Å²) >= 11 is 4.96. The maximum Gasteiger partial charge on any atom is 0.233 e. The SMILES string of the molecule is C=C(C)CN(CC)C(=O)CSc1ccc(N)cc1Br. The Morgan fingerprint density at radius 3 is 2.74 bits per heavy atom. The number of nitrogens with two attached hydrogens (primary N) is 1. The van der Waals surface area contributed by atoms with E-state index >= 15 is 0 Å². The van der Waals surface area contributed by atoms with E-state index in [2.05, 4.69) is 22.5 Å². The fourth-order valence-electron chi connectivity index (χ4n) is 1.57. The number of carbonyl (C=O) groups excluding carboxylic acids is 1. The molecule has 0 aliphatic carbocycles. The Balaban J connectivity index is 2.60. The highest BCUT2D eigenvalue weighted by Gasteiger charge is 2.12. The summed E-state index contributed by atoms with van der Waals surface area (Å²) in [6.45, 7) is 9.08. The third-order valence-corrected chi connectivity index (χ3v) is 4.48. The Labute approximate surface area is 127 Å². The van der Waals surface area contributed by atoms with E-state index in [9.17, 15) is 4.79 Å². The standard InChI is InChI=1S/C14H19BrN2OS/c1-4-17(8-10(2)3)14(18)9-19-13-6-5-11(16)7-12(13)15/h5-7H,2,4,8-9,16H2,1,3H3. The normalized spacial score (nSPS) is 10.3. The van der Waals surface area contributed by atoms with Crippen LogP contribution in [0, 0.1) is 0 Å². The average Bonchev–Trinajstić information content (AvgIpc) is 2.34. The van der Waals surface area contributed by atoms with Crippen molar-refractivity contribution in [3.63, 3.8) is 0 Å². The number of halogens is 1. The highest BCUT2D eigenvalue weighted by molar-refractivity contribution is 9.10. The second-order valence-electron chi connectivity index (χ2n) is 4.34. The summed E-state index contributed by atoms with van der Waals surface area (Å²) < 4.78 is 0.924. The van der Waals surface area contributed by atoms with E-state index in [1.807, 2.05) is 32.0 Å². The monoisotopic (exact) mass is 342 g/mol. The van der Waals surface area contributed by atoms with Crippen molar-refractivity contribution < 1.29 is 4.79 Å². The number of anilines is 1. The van der Waals surface area contributed by atoms with Crippen molar-refractivity contribution in [3.8, 4) is 0 Å². The Hall–Kier alpha value is -0.940. The number of nitrogen functional groups attached to an aromatic ring is 1. The van der Waals surface area contributed by atoms with Crippen molar-refractivity contribution in [3.05, 3.63) is 34.8 Å². The van der Waals surface area contributed by atoms with Crippen LogP contribution in [-0.4, -0.2) is 29.6 Å². The summed E-state index contributed by atoms with van der Waals surface area (Å²) in [5.74, 6) is 0.545. The van der Waals surface area contributed by atoms with Gasteiger partial charge < -0.3 is 10.6 Å². The van der Waals surface area contributed by atoms with Crippen LogP contribution in [0.25, 0.3) is 0 Å². The molecule has 0 spiro atoms. The van der Waals surface area contributed by atoms with Gasteiger partial charge in [0.05, 0.1) is 5.75 Å². The molecular formula is C14H19BrN2OS. The number of benzene rings is 1. The highest BCUT2D eigenvalue weighted by atomic mass is 79.9. The first-order chi connectivity index (χ1) is 8.93. The minimum Gasteiger partial charge on any atom is -0.399 e. The number of likely N-dealkylation sites (N-methyl/N-ethyl adjacent to an activating group) is 1. The molecule has 0 bridgehead atoms. The fourth-order valence-corrected chi connectivity index (χ4v) is 3.13. The first-order valence-electron chi connectivity index (χ1n) is 6.04. The van der Waals surface area contributed by atoms with E-state index < -0.39 is 0 Å². The molecule has 3 nitrogen and oxygen atoms in total. The second-order valence-corrected chi connectivity index (χ2v) is 6.22. The molecule has 0 aliphatic heterocycles. The maximum atomic E-state index is 12.1. The lowest BCUT2D eigenvalue weighted by Crippen LogP contribution is -2.33. The van der Waals surface area contributed by atoms with Gasteiger partial charge in [0.1, 0.15) is 0 Å². The van der Waals surface area contributed by atoms with Gasteiger partial charge in [0, 0.05) is 28.1 Å². The van der Waals surface area contributed by atoms with Gasteiger partial charge in [0.15, 0.2) is 0 Å². The van der Waals surface area contributed by atoms with Crippen LogP contribution in [0.2, 0.25) is 0 Å². The van der Waals surface area contributed by atoms with E-state index in [0.717, 1.165) is 14.9 Å². The molecule has 0 radical (unpaired) electrons. The Morgan fingerprint density at radius 1 is 1.53 bits per heavy atom. The molecule has 0 atom stereocenters. The number of thioether (sulfide) groups is 1. The lowest BCUT2D eigenvalue weighted by atomic mass is 10.3. The van der Waals surface area contributed by atoms with Crippen molar-refractivity contribution in [2.75, 3.05) is 24.6 Å². The predicted octanol–water partition coefficient (Wildman–Crippen LogP) is 3.55. The summed E-state index contributed by atoms with van der Waals surface area (Å²) in [6, 6.07) is 5.60. The Kier molecular flexibility index (Phi) is 6.45. The molecule has 0 unspecified atom stereocenters. The van der Waals surface area contributed by atoms with E-state index in [-0.39, 0.29) is 5.91 Å². The minimum atomic E-state index is 0.124. The molecule has 1 aromatic rings. The quantitative estimate of drug-likeness (QED) is 0.488. The van der Waals surface area contributed by atoms with Crippen molar-refractivity contribution in [2.45, 2.75) is 18.7 Å². The Bertz CT molecular complexity index is 477. The predicted molar refractivity (Wildman–Crippen MR) is 86.3 cm³/mol. The summed E-state index contributed by atoms with van der Waals surface area (Å²) in [6.07, 6.45) is 0. The lowest BCUT2D eigenvalue weighted by molar-refractivity contribution is -0.127. The van der Waals surface area contributed by atoms with Crippen LogP contribution in [0.3, 0.4) is 0 Å².